The number of hydrogen-bond donors (Lipinski definition) is 0. The zero-order chi connectivity index (χ0) is 6.97. The number of aromatic nitrogens is 3. The van der Waals surface area contributed by atoms with Crippen LogP contribution in [0, 0.1) is 6.92 Å². The van der Waals surface area contributed by atoms with Crippen LogP contribution in [0.4, 0.5) is 0 Å². The molecule has 0 radical (unpaired) electrons. The largest absolute Gasteiger partial charge is 0.243 e. The normalized spacial score (nSPS) is 10.5. The molecule has 10 heavy (non-hydrogen) atoms. The van der Waals surface area contributed by atoms with Crippen LogP contribution >= 0.6 is 11.3 Å². The molecule has 2 rings (SSSR count). The van der Waals surface area contributed by atoms with E-state index in [0.29, 0.717) is 0 Å². The average molecular weight is 151 g/mol. The third-order valence-electron chi connectivity index (χ3n) is 1.32. The lowest BCUT2D eigenvalue weighted by Crippen LogP contribution is -1.84. The molecule has 0 unspecified atom stereocenters. The van der Waals surface area contributed by atoms with E-state index in [2.05, 4.69) is 15.2 Å². The summed E-state index contributed by atoms with van der Waals surface area (Å²) in [6.45, 7) is 1.91. The Morgan fingerprint density at radius 3 is 3.20 bits per heavy atom. The van der Waals surface area contributed by atoms with Gasteiger partial charge in [0.05, 0.1) is 22.1 Å². The Morgan fingerprint density at radius 1 is 1.50 bits per heavy atom. The summed E-state index contributed by atoms with van der Waals surface area (Å²) >= 11 is 1.59. The Bertz CT molecular complexity index is 355. The van der Waals surface area contributed by atoms with Gasteiger partial charge >= 0.3 is 0 Å². The van der Waals surface area contributed by atoms with Crippen LogP contribution in [0.25, 0.3) is 10.2 Å². The van der Waals surface area contributed by atoms with Gasteiger partial charge in [-0.15, -0.1) is 11.3 Å². The van der Waals surface area contributed by atoms with Crippen molar-refractivity contribution >= 4 is 21.6 Å². The minimum Gasteiger partial charge on any atom is -0.243 e. The van der Waals surface area contributed by atoms with Crippen molar-refractivity contribution in [2.24, 2.45) is 0 Å². The monoisotopic (exact) mass is 151 g/mol. The van der Waals surface area contributed by atoms with Crippen LogP contribution in [0.5, 0.6) is 0 Å². The van der Waals surface area contributed by atoms with Crippen molar-refractivity contribution in [2.75, 3.05) is 0 Å². The topological polar surface area (TPSA) is 38.7 Å². The van der Waals surface area contributed by atoms with Gasteiger partial charge in [0.1, 0.15) is 5.52 Å². The van der Waals surface area contributed by atoms with Gasteiger partial charge in [0, 0.05) is 0 Å². The van der Waals surface area contributed by atoms with Crippen molar-refractivity contribution in [3.8, 4) is 0 Å². The highest BCUT2D eigenvalue weighted by Gasteiger charge is 1.98. The van der Waals surface area contributed by atoms with E-state index in [9.17, 15) is 0 Å². The van der Waals surface area contributed by atoms with E-state index in [1.165, 1.54) is 0 Å². The third kappa shape index (κ3) is 0.690. The molecule has 0 aliphatic carbocycles. The van der Waals surface area contributed by atoms with Crippen LogP contribution in [0.2, 0.25) is 0 Å². The maximum absolute atomic E-state index is 4.13. The summed E-state index contributed by atoms with van der Waals surface area (Å²) in [4.78, 5) is 4.13. The molecule has 0 bridgehead atoms. The van der Waals surface area contributed by atoms with Crippen molar-refractivity contribution in [1.82, 2.24) is 15.2 Å². The smallest absolute Gasteiger partial charge is 0.106 e. The summed E-state index contributed by atoms with van der Waals surface area (Å²) in [6.07, 6.45) is 1.74. The second kappa shape index (κ2) is 1.98. The Kier molecular flexibility index (Phi) is 1.14. The quantitative estimate of drug-likeness (QED) is 0.571. The van der Waals surface area contributed by atoms with Crippen LogP contribution in [-0.4, -0.2) is 15.2 Å². The minimum absolute atomic E-state index is 0.902. The molecule has 50 valence electrons. The van der Waals surface area contributed by atoms with Crippen molar-refractivity contribution in [2.45, 2.75) is 6.92 Å². The van der Waals surface area contributed by atoms with E-state index >= 15 is 0 Å². The zero-order valence-corrected chi connectivity index (χ0v) is 6.22. The molecule has 0 saturated heterocycles. The van der Waals surface area contributed by atoms with Crippen molar-refractivity contribution in [1.29, 1.82) is 0 Å². The summed E-state index contributed by atoms with van der Waals surface area (Å²) < 4.78 is 1.10. The predicted octanol–water partition coefficient (Wildman–Crippen LogP) is 1.39. The first-order valence-corrected chi connectivity index (χ1v) is 3.77. The van der Waals surface area contributed by atoms with Gasteiger partial charge < -0.3 is 0 Å². The molecule has 0 atom stereocenters. The fourth-order valence-corrected chi connectivity index (χ4v) is 1.53. The first-order chi connectivity index (χ1) is 4.88. The van der Waals surface area contributed by atoms with E-state index in [1.807, 2.05) is 6.92 Å². The first kappa shape index (κ1) is 5.73. The van der Waals surface area contributed by atoms with Crippen molar-refractivity contribution in [3.63, 3.8) is 0 Å². The van der Waals surface area contributed by atoms with Gasteiger partial charge in [-0.1, -0.05) is 0 Å². The summed E-state index contributed by atoms with van der Waals surface area (Å²) in [5, 5.41) is 7.68. The maximum Gasteiger partial charge on any atom is 0.106 e. The Labute approximate surface area is 61.7 Å². The lowest BCUT2D eigenvalue weighted by molar-refractivity contribution is 0.999. The molecule has 0 aliphatic heterocycles. The SMILES string of the molecule is Cc1nncc2scnc12. The van der Waals surface area contributed by atoms with Gasteiger partial charge in [-0.3, -0.25) is 0 Å². The first-order valence-electron chi connectivity index (χ1n) is 2.89. The molecule has 2 aromatic rings. The zero-order valence-electron chi connectivity index (χ0n) is 5.40. The molecule has 2 heterocycles. The van der Waals surface area contributed by atoms with Crippen LogP contribution in [0.1, 0.15) is 5.69 Å². The number of fused-ring (bicyclic) bond motifs is 1. The fraction of sp³-hybridized carbons (Fsp3) is 0.167. The number of aryl methyl sites for hydroxylation is 1. The lowest BCUT2D eigenvalue weighted by Gasteiger charge is -1.87. The number of hydrogen-bond acceptors (Lipinski definition) is 4. The van der Waals surface area contributed by atoms with Crippen molar-refractivity contribution < 1.29 is 0 Å². The van der Waals surface area contributed by atoms with E-state index in [1.54, 1.807) is 23.0 Å². The summed E-state index contributed by atoms with van der Waals surface area (Å²) in [5.74, 6) is 0. The summed E-state index contributed by atoms with van der Waals surface area (Å²) in [7, 11) is 0. The lowest BCUT2D eigenvalue weighted by atomic mass is 10.4. The van der Waals surface area contributed by atoms with E-state index in [0.717, 1.165) is 15.9 Å². The van der Waals surface area contributed by atoms with Gasteiger partial charge in [-0.05, 0) is 6.92 Å². The number of thiazole rings is 1. The molecule has 0 aliphatic rings. The maximum atomic E-state index is 4.13. The van der Waals surface area contributed by atoms with Gasteiger partial charge in [0.25, 0.3) is 0 Å². The van der Waals surface area contributed by atoms with E-state index < -0.39 is 0 Å². The molecule has 0 amide bonds. The molecule has 0 aromatic carbocycles. The van der Waals surface area contributed by atoms with Crippen LogP contribution in [0.15, 0.2) is 11.7 Å². The second-order valence-electron chi connectivity index (χ2n) is 2.00. The highest BCUT2D eigenvalue weighted by atomic mass is 32.1. The van der Waals surface area contributed by atoms with Crippen molar-refractivity contribution in [3.05, 3.63) is 17.4 Å². The number of rotatable bonds is 0. The van der Waals surface area contributed by atoms with Gasteiger partial charge in [-0.2, -0.15) is 10.2 Å². The van der Waals surface area contributed by atoms with Crippen LogP contribution < -0.4 is 0 Å². The molecule has 3 nitrogen and oxygen atoms in total. The molecular formula is C6H5N3S. The minimum atomic E-state index is 0.902. The van der Waals surface area contributed by atoms with E-state index in [-0.39, 0.29) is 0 Å². The second-order valence-corrected chi connectivity index (χ2v) is 2.88. The fourth-order valence-electron chi connectivity index (χ4n) is 0.834. The molecule has 2 aromatic heterocycles. The van der Waals surface area contributed by atoms with Crippen LogP contribution in [-0.2, 0) is 0 Å². The molecular weight excluding hydrogens is 146 g/mol. The van der Waals surface area contributed by atoms with Gasteiger partial charge in [0.15, 0.2) is 0 Å². The highest BCUT2D eigenvalue weighted by molar-refractivity contribution is 7.16. The highest BCUT2D eigenvalue weighted by Crippen LogP contribution is 2.16. The third-order valence-corrected chi connectivity index (χ3v) is 2.08. The van der Waals surface area contributed by atoms with Gasteiger partial charge in [0.2, 0.25) is 0 Å². The summed E-state index contributed by atoms with van der Waals surface area (Å²) in [5.41, 5.74) is 3.68. The molecule has 4 heteroatoms. The standard InChI is InChI=1S/C6H5N3S/c1-4-6-5(2-8-9-4)10-3-7-6/h2-3H,1H3. The average Bonchev–Trinajstić information content (AvgIpc) is 2.36. The number of nitrogens with zero attached hydrogens (tertiary/aromatic N) is 3. The Morgan fingerprint density at radius 2 is 2.40 bits per heavy atom. The molecule has 0 N–H and O–H groups in total. The summed E-state index contributed by atoms with van der Waals surface area (Å²) in [6, 6.07) is 0. The Hall–Kier alpha value is -1.03. The predicted molar refractivity (Wildman–Crippen MR) is 39.9 cm³/mol. The molecule has 0 fully saturated rings. The van der Waals surface area contributed by atoms with Crippen LogP contribution in [0.3, 0.4) is 0 Å². The Balaban J connectivity index is 2.95. The van der Waals surface area contributed by atoms with Gasteiger partial charge in [-0.25, -0.2) is 4.98 Å². The molecule has 0 saturated carbocycles. The van der Waals surface area contributed by atoms with E-state index in [4.69, 9.17) is 0 Å². The molecule has 0 spiro atoms.